The molecule has 0 saturated heterocycles. The molecule has 0 amide bonds. The summed E-state index contributed by atoms with van der Waals surface area (Å²) in [5.74, 6) is -0.219. The number of hydrogen-bond acceptors (Lipinski definition) is 3. The van der Waals surface area contributed by atoms with E-state index in [2.05, 4.69) is 26.0 Å². The van der Waals surface area contributed by atoms with Crippen LogP contribution in [0.1, 0.15) is 65.2 Å². The molecule has 2 N–H and O–H groups in total. The predicted octanol–water partition coefficient (Wildman–Crippen LogP) is 3.95. The van der Waals surface area contributed by atoms with Gasteiger partial charge in [0.1, 0.15) is 0 Å². The van der Waals surface area contributed by atoms with Gasteiger partial charge in [-0.1, -0.05) is 31.6 Å². The molecule has 0 radical (unpaired) electrons. The molecule has 0 aliphatic heterocycles. The molecule has 4 aliphatic carbocycles. The highest BCUT2D eigenvalue weighted by molar-refractivity contribution is 5.92. The topological polar surface area (TPSA) is 74.6 Å². The third-order valence-electron chi connectivity index (χ3n) is 7.97. The van der Waals surface area contributed by atoms with Crippen LogP contribution in [0.3, 0.4) is 0 Å². The van der Waals surface area contributed by atoms with Crippen LogP contribution in [0.4, 0.5) is 0 Å². The van der Waals surface area contributed by atoms with Crippen molar-refractivity contribution in [3.05, 3.63) is 34.9 Å². The lowest BCUT2D eigenvalue weighted by Gasteiger charge is -2.52. The number of aliphatic hydroxyl groups is 1. The van der Waals surface area contributed by atoms with E-state index < -0.39 is 11.6 Å². The summed E-state index contributed by atoms with van der Waals surface area (Å²) in [6, 6.07) is 0. The Morgan fingerprint density at radius 3 is 2.69 bits per heavy atom. The van der Waals surface area contributed by atoms with Gasteiger partial charge in [-0.3, -0.25) is 9.59 Å². The number of carbonyl (C=O) groups is 2. The van der Waals surface area contributed by atoms with Crippen molar-refractivity contribution in [1.82, 2.24) is 0 Å². The molecule has 0 aromatic rings. The highest BCUT2D eigenvalue weighted by Gasteiger charge is 2.58. The van der Waals surface area contributed by atoms with Crippen molar-refractivity contribution < 1.29 is 19.8 Å². The Kier molecular flexibility index (Phi) is 3.85. The van der Waals surface area contributed by atoms with Crippen LogP contribution in [0.25, 0.3) is 0 Å². The quantitative estimate of drug-likeness (QED) is 0.803. The minimum atomic E-state index is -0.925. The van der Waals surface area contributed by atoms with Crippen LogP contribution in [0, 0.1) is 16.7 Å². The highest BCUT2D eigenvalue weighted by Crippen LogP contribution is 2.64. The van der Waals surface area contributed by atoms with Crippen molar-refractivity contribution in [3.8, 4) is 0 Å². The van der Waals surface area contributed by atoms with Gasteiger partial charge in [-0.25, -0.2) is 0 Å². The number of carboxylic acid groups (broad SMARTS) is 1. The molecule has 4 atom stereocenters. The van der Waals surface area contributed by atoms with Crippen LogP contribution in [0.5, 0.6) is 0 Å². The average Bonchev–Trinajstić information content (AvgIpc) is 2.86. The van der Waals surface area contributed by atoms with E-state index >= 15 is 0 Å². The molecule has 0 unspecified atom stereocenters. The Labute approximate surface area is 154 Å². The van der Waals surface area contributed by atoms with E-state index in [0.29, 0.717) is 25.2 Å². The zero-order valence-corrected chi connectivity index (χ0v) is 15.7. The maximum Gasteiger partial charge on any atom is 0.303 e. The fourth-order valence-electron chi connectivity index (χ4n) is 6.13. The first-order valence-electron chi connectivity index (χ1n) is 9.80. The molecular weight excluding hydrogens is 328 g/mol. The molecule has 0 heterocycles. The molecule has 4 heteroatoms. The molecule has 0 spiro atoms. The fourth-order valence-corrected chi connectivity index (χ4v) is 6.13. The molecule has 0 aromatic heterocycles. The molecule has 0 bridgehead atoms. The Bertz CT molecular complexity index is 773. The summed E-state index contributed by atoms with van der Waals surface area (Å²) in [6.45, 7) is 4.42. The smallest absolute Gasteiger partial charge is 0.303 e. The standard InChI is InChI=1S/C22H28O4/c1-20-9-5-15(23)13-14(20)3-4-16-17(20)6-10-21(2)18(16)7-11-22(21,26)12-8-19(24)25/h3-4,13,17,26H,5-12H2,1-2H3,(H,24,25)/t17-,20-,21-,22-/m0/s1. The monoisotopic (exact) mass is 356 g/mol. The molecule has 1 fully saturated rings. The SMILES string of the molecule is C[C@]12CCC(=O)C=C1C=CC1=C3CC[C@](O)(CCC(=O)O)[C@@]3(C)CC[C@@H]12. The van der Waals surface area contributed by atoms with E-state index in [1.165, 1.54) is 11.1 Å². The first-order chi connectivity index (χ1) is 12.2. The van der Waals surface area contributed by atoms with Crippen LogP contribution < -0.4 is 0 Å². The van der Waals surface area contributed by atoms with Gasteiger partial charge in [0.05, 0.1) is 5.60 Å². The summed E-state index contributed by atoms with van der Waals surface area (Å²) in [4.78, 5) is 22.9. The lowest BCUT2D eigenvalue weighted by Crippen LogP contribution is -2.47. The number of fused-ring (bicyclic) bond motifs is 4. The normalized spacial score (nSPS) is 41.4. The molecule has 4 aliphatic rings. The van der Waals surface area contributed by atoms with Crippen LogP contribution >= 0.6 is 0 Å². The van der Waals surface area contributed by atoms with Gasteiger partial charge in [-0.15, -0.1) is 0 Å². The molecule has 0 aromatic carbocycles. The summed E-state index contributed by atoms with van der Waals surface area (Å²) in [5, 5.41) is 20.4. The van der Waals surface area contributed by atoms with E-state index in [1.54, 1.807) is 0 Å². The summed E-state index contributed by atoms with van der Waals surface area (Å²) in [7, 11) is 0. The average molecular weight is 356 g/mol. The van der Waals surface area contributed by atoms with Crippen LogP contribution in [0.2, 0.25) is 0 Å². The summed E-state index contributed by atoms with van der Waals surface area (Å²) < 4.78 is 0. The predicted molar refractivity (Wildman–Crippen MR) is 98.5 cm³/mol. The minimum absolute atomic E-state index is 0.00803. The van der Waals surface area contributed by atoms with Crippen molar-refractivity contribution in [1.29, 1.82) is 0 Å². The zero-order chi connectivity index (χ0) is 18.7. The molecular formula is C22H28O4. The lowest BCUT2D eigenvalue weighted by molar-refractivity contribution is -0.140. The Hall–Kier alpha value is -1.68. The summed E-state index contributed by atoms with van der Waals surface area (Å²) in [5.41, 5.74) is 2.58. The van der Waals surface area contributed by atoms with Gasteiger partial charge in [0, 0.05) is 18.3 Å². The van der Waals surface area contributed by atoms with Crippen LogP contribution in [-0.4, -0.2) is 27.6 Å². The van der Waals surface area contributed by atoms with Gasteiger partial charge in [-0.05, 0) is 67.1 Å². The van der Waals surface area contributed by atoms with E-state index in [-0.39, 0.29) is 23.0 Å². The van der Waals surface area contributed by atoms with Crippen molar-refractivity contribution >= 4 is 11.8 Å². The maximum absolute atomic E-state index is 11.9. The van der Waals surface area contributed by atoms with Crippen molar-refractivity contribution in [3.63, 3.8) is 0 Å². The molecule has 4 rings (SSSR count). The highest BCUT2D eigenvalue weighted by atomic mass is 16.4. The number of aliphatic carboxylic acids is 1. The maximum atomic E-state index is 11.9. The van der Waals surface area contributed by atoms with E-state index in [1.807, 2.05) is 6.08 Å². The first kappa shape index (κ1) is 17.7. The number of carbonyl (C=O) groups excluding carboxylic acids is 1. The van der Waals surface area contributed by atoms with Gasteiger partial charge in [-0.2, -0.15) is 0 Å². The van der Waals surface area contributed by atoms with Gasteiger partial charge in [0.2, 0.25) is 0 Å². The van der Waals surface area contributed by atoms with Crippen LogP contribution in [0.15, 0.2) is 34.9 Å². The van der Waals surface area contributed by atoms with Crippen molar-refractivity contribution in [2.45, 2.75) is 70.8 Å². The van der Waals surface area contributed by atoms with E-state index in [4.69, 9.17) is 5.11 Å². The third kappa shape index (κ3) is 2.31. The zero-order valence-electron chi connectivity index (χ0n) is 15.7. The number of rotatable bonds is 3. The molecule has 1 saturated carbocycles. The number of allylic oxidation sites excluding steroid dienone is 5. The Morgan fingerprint density at radius 2 is 1.96 bits per heavy atom. The fraction of sp³-hybridized carbons (Fsp3) is 0.636. The second-order valence-corrected chi connectivity index (χ2v) is 9.10. The first-order valence-corrected chi connectivity index (χ1v) is 9.80. The van der Waals surface area contributed by atoms with E-state index in [0.717, 1.165) is 31.3 Å². The number of hydrogen-bond donors (Lipinski definition) is 2. The van der Waals surface area contributed by atoms with Gasteiger partial charge < -0.3 is 10.2 Å². The second kappa shape index (κ2) is 5.66. The third-order valence-corrected chi connectivity index (χ3v) is 7.97. The molecule has 26 heavy (non-hydrogen) atoms. The molecule has 4 nitrogen and oxygen atoms in total. The Balaban J connectivity index is 1.76. The minimum Gasteiger partial charge on any atom is -0.481 e. The van der Waals surface area contributed by atoms with Crippen molar-refractivity contribution in [2.24, 2.45) is 16.7 Å². The summed E-state index contributed by atoms with van der Waals surface area (Å²) >= 11 is 0. The van der Waals surface area contributed by atoms with Gasteiger partial charge >= 0.3 is 5.97 Å². The largest absolute Gasteiger partial charge is 0.481 e. The lowest BCUT2D eigenvalue weighted by atomic mass is 9.53. The van der Waals surface area contributed by atoms with Gasteiger partial charge in [0.25, 0.3) is 0 Å². The van der Waals surface area contributed by atoms with Gasteiger partial charge in [0.15, 0.2) is 5.78 Å². The van der Waals surface area contributed by atoms with Crippen molar-refractivity contribution in [2.75, 3.05) is 0 Å². The van der Waals surface area contributed by atoms with Crippen LogP contribution in [-0.2, 0) is 9.59 Å². The molecule has 140 valence electrons. The number of carboxylic acids is 1. The Morgan fingerprint density at radius 1 is 1.19 bits per heavy atom. The summed E-state index contributed by atoms with van der Waals surface area (Å²) in [6.07, 6.45) is 11.3. The second-order valence-electron chi connectivity index (χ2n) is 9.10. The number of ketones is 1. The van der Waals surface area contributed by atoms with E-state index in [9.17, 15) is 14.7 Å².